The second kappa shape index (κ2) is 7.22. The second-order valence-corrected chi connectivity index (χ2v) is 4.98. The molecule has 0 atom stereocenters. The first-order valence-electron chi connectivity index (χ1n) is 7.30. The minimum Gasteiger partial charge on any atom is -0.444 e. The maximum atomic E-state index is 11.8. The fourth-order valence-corrected chi connectivity index (χ4v) is 2.12. The van der Waals surface area contributed by atoms with Gasteiger partial charge in [-0.05, 0) is 17.7 Å². The summed E-state index contributed by atoms with van der Waals surface area (Å²) in [4.78, 5) is 16.1. The maximum absolute atomic E-state index is 11.8. The molecule has 0 radical (unpaired) electrons. The minimum absolute atomic E-state index is 0.238. The maximum Gasteiger partial charge on any atom is 0.412 e. The van der Waals surface area contributed by atoms with Gasteiger partial charge in [0.1, 0.15) is 6.61 Å². The molecule has 2 aromatic carbocycles. The Balaban J connectivity index is 1.57. The van der Waals surface area contributed by atoms with Crippen LogP contribution in [0.15, 0.2) is 79.0 Å². The lowest BCUT2D eigenvalue weighted by atomic mass is 10.1. The molecule has 3 rings (SSSR count). The van der Waals surface area contributed by atoms with Crippen LogP contribution in [0.4, 0.5) is 10.5 Å². The normalized spacial score (nSPS) is 10.1. The number of benzene rings is 2. The Labute approximate surface area is 134 Å². The summed E-state index contributed by atoms with van der Waals surface area (Å²) in [5.74, 6) is 0. The molecular weight excluding hydrogens is 288 g/mol. The van der Waals surface area contributed by atoms with Crippen molar-refractivity contribution in [2.24, 2.45) is 0 Å². The highest BCUT2D eigenvalue weighted by atomic mass is 16.5. The molecule has 0 aliphatic heterocycles. The molecule has 0 saturated heterocycles. The fourth-order valence-electron chi connectivity index (χ4n) is 2.12. The SMILES string of the molecule is O=C(Nc1ccc(-c2ccccc2)nc1)OCc1ccccc1. The zero-order chi connectivity index (χ0) is 15.9. The van der Waals surface area contributed by atoms with Crippen molar-refractivity contribution in [1.29, 1.82) is 0 Å². The molecule has 0 bridgehead atoms. The topological polar surface area (TPSA) is 51.2 Å². The van der Waals surface area contributed by atoms with Crippen molar-refractivity contribution in [2.75, 3.05) is 5.32 Å². The molecule has 0 unspecified atom stereocenters. The van der Waals surface area contributed by atoms with Gasteiger partial charge in [0.05, 0.1) is 17.6 Å². The lowest BCUT2D eigenvalue weighted by Crippen LogP contribution is -2.13. The third-order valence-electron chi connectivity index (χ3n) is 3.29. The lowest BCUT2D eigenvalue weighted by Gasteiger charge is -2.07. The molecule has 3 aromatic rings. The molecular formula is C19H16N2O2. The summed E-state index contributed by atoms with van der Waals surface area (Å²) in [6.45, 7) is 0.238. The van der Waals surface area contributed by atoms with E-state index in [1.54, 1.807) is 12.3 Å². The monoisotopic (exact) mass is 304 g/mol. The summed E-state index contributed by atoms with van der Waals surface area (Å²) in [5.41, 5.74) is 3.43. The van der Waals surface area contributed by atoms with Gasteiger partial charge in [0.2, 0.25) is 0 Å². The summed E-state index contributed by atoms with van der Waals surface area (Å²) in [6.07, 6.45) is 1.12. The van der Waals surface area contributed by atoms with E-state index in [0.29, 0.717) is 5.69 Å². The molecule has 0 aliphatic carbocycles. The van der Waals surface area contributed by atoms with Crippen molar-refractivity contribution in [2.45, 2.75) is 6.61 Å². The third kappa shape index (κ3) is 4.17. The van der Waals surface area contributed by atoms with Gasteiger partial charge >= 0.3 is 6.09 Å². The number of amides is 1. The van der Waals surface area contributed by atoms with Crippen molar-refractivity contribution in [1.82, 2.24) is 4.98 Å². The number of aromatic nitrogens is 1. The molecule has 4 heteroatoms. The van der Waals surface area contributed by atoms with E-state index in [9.17, 15) is 4.79 Å². The number of hydrogen-bond donors (Lipinski definition) is 1. The van der Waals surface area contributed by atoms with E-state index in [2.05, 4.69) is 10.3 Å². The Hall–Kier alpha value is -3.14. The van der Waals surface area contributed by atoms with Gasteiger partial charge in [-0.2, -0.15) is 0 Å². The summed E-state index contributed by atoms with van der Waals surface area (Å²) in [7, 11) is 0. The van der Waals surface area contributed by atoms with E-state index in [0.717, 1.165) is 16.8 Å². The number of ether oxygens (including phenoxy) is 1. The molecule has 1 amide bonds. The van der Waals surface area contributed by atoms with Crippen LogP contribution in [-0.4, -0.2) is 11.1 Å². The zero-order valence-electron chi connectivity index (χ0n) is 12.5. The van der Waals surface area contributed by atoms with Gasteiger partial charge < -0.3 is 4.74 Å². The van der Waals surface area contributed by atoms with Crippen LogP contribution in [0.3, 0.4) is 0 Å². The molecule has 0 fully saturated rings. The molecule has 4 nitrogen and oxygen atoms in total. The van der Waals surface area contributed by atoms with Crippen LogP contribution in [0, 0.1) is 0 Å². The summed E-state index contributed by atoms with van der Waals surface area (Å²) >= 11 is 0. The van der Waals surface area contributed by atoms with E-state index in [1.807, 2.05) is 66.7 Å². The van der Waals surface area contributed by atoms with Crippen molar-refractivity contribution in [3.05, 3.63) is 84.6 Å². The molecule has 0 spiro atoms. The molecule has 1 aromatic heterocycles. The first-order chi connectivity index (χ1) is 11.3. The number of hydrogen-bond acceptors (Lipinski definition) is 3. The Morgan fingerprint density at radius 1 is 0.913 bits per heavy atom. The average molecular weight is 304 g/mol. The third-order valence-corrected chi connectivity index (χ3v) is 3.29. The molecule has 0 aliphatic rings. The van der Waals surface area contributed by atoms with Gasteiger partial charge in [-0.25, -0.2) is 4.79 Å². The number of rotatable bonds is 4. The van der Waals surface area contributed by atoms with Gasteiger partial charge in [0, 0.05) is 5.56 Å². The Morgan fingerprint density at radius 2 is 1.61 bits per heavy atom. The lowest BCUT2D eigenvalue weighted by molar-refractivity contribution is 0.155. The number of nitrogens with zero attached hydrogens (tertiary/aromatic N) is 1. The van der Waals surface area contributed by atoms with Crippen LogP contribution in [0.2, 0.25) is 0 Å². The zero-order valence-corrected chi connectivity index (χ0v) is 12.5. The van der Waals surface area contributed by atoms with Crippen molar-refractivity contribution < 1.29 is 9.53 Å². The Bertz CT molecular complexity index is 756. The quantitative estimate of drug-likeness (QED) is 0.772. The number of carbonyl (C=O) groups excluding carboxylic acids is 1. The first kappa shape index (κ1) is 14.8. The standard InChI is InChI=1S/C19H16N2O2/c22-19(23-14-15-7-3-1-4-8-15)21-17-11-12-18(20-13-17)16-9-5-2-6-10-16/h1-13H,14H2,(H,21,22). The number of nitrogens with one attached hydrogen (secondary N) is 1. The summed E-state index contributed by atoms with van der Waals surface area (Å²) in [5, 5.41) is 2.67. The average Bonchev–Trinajstić information content (AvgIpc) is 2.62. The summed E-state index contributed by atoms with van der Waals surface area (Å²) in [6, 6.07) is 23.1. The predicted octanol–water partition coefficient (Wildman–Crippen LogP) is 4.50. The van der Waals surface area contributed by atoms with Crippen LogP contribution in [0.1, 0.15) is 5.56 Å². The van der Waals surface area contributed by atoms with Crippen molar-refractivity contribution >= 4 is 11.8 Å². The predicted molar refractivity (Wildman–Crippen MR) is 89.9 cm³/mol. The van der Waals surface area contributed by atoms with Gasteiger partial charge in [0.15, 0.2) is 0 Å². The van der Waals surface area contributed by atoms with E-state index in [-0.39, 0.29) is 6.61 Å². The van der Waals surface area contributed by atoms with Crippen molar-refractivity contribution in [3.63, 3.8) is 0 Å². The second-order valence-electron chi connectivity index (χ2n) is 4.98. The van der Waals surface area contributed by atoms with Gasteiger partial charge in [-0.3, -0.25) is 10.3 Å². The van der Waals surface area contributed by atoms with Gasteiger partial charge in [-0.1, -0.05) is 60.7 Å². The number of anilines is 1. The van der Waals surface area contributed by atoms with Gasteiger partial charge in [0.25, 0.3) is 0 Å². The van der Waals surface area contributed by atoms with Crippen LogP contribution in [-0.2, 0) is 11.3 Å². The smallest absolute Gasteiger partial charge is 0.412 e. The molecule has 23 heavy (non-hydrogen) atoms. The Morgan fingerprint density at radius 3 is 2.26 bits per heavy atom. The number of pyridine rings is 1. The van der Waals surface area contributed by atoms with Crippen LogP contribution < -0.4 is 5.32 Å². The molecule has 1 N–H and O–H groups in total. The van der Waals surface area contributed by atoms with Gasteiger partial charge in [-0.15, -0.1) is 0 Å². The molecule has 0 saturated carbocycles. The van der Waals surface area contributed by atoms with E-state index in [1.165, 1.54) is 0 Å². The first-order valence-corrected chi connectivity index (χ1v) is 7.30. The fraction of sp³-hybridized carbons (Fsp3) is 0.0526. The van der Waals surface area contributed by atoms with Crippen molar-refractivity contribution in [3.8, 4) is 11.3 Å². The highest BCUT2D eigenvalue weighted by Crippen LogP contribution is 2.18. The Kier molecular flexibility index (Phi) is 4.64. The minimum atomic E-state index is -0.497. The van der Waals surface area contributed by atoms with Crippen LogP contribution in [0.25, 0.3) is 11.3 Å². The highest BCUT2D eigenvalue weighted by Gasteiger charge is 2.05. The van der Waals surface area contributed by atoms with E-state index >= 15 is 0 Å². The largest absolute Gasteiger partial charge is 0.444 e. The number of carbonyl (C=O) groups is 1. The molecule has 114 valence electrons. The van der Waals surface area contributed by atoms with E-state index < -0.39 is 6.09 Å². The van der Waals surface area contributed by atoms with Crippen LogP contribution >= 0.6 is 0 Å². The highest BCUT2D eigenvalue weighted by molar-refractivity contribution is 5.84. The molecule has 1 heterocycles. The summed E-state index contributed by atoms with van der Waals surface area (Å²) < 4.78 is 5.17. The van der Waals surface area contributed by atoms with Crippen LogP contribution in [0.5, 0.6) is 0 Å². The van der Waals surface area contributed by atoms with E-state index in [4.69, 9.17) is 4.74 Å².